The van der Waals surface area contributed by atoms with Crippen LogP contribution in [0.15, 0.2) is 30.6 Å². The van der Waals surface area contributed by atoms with Crippen LogP contribution in [0.1, 0.15) is 6.42 Å². The standard InChI is InChI=1S/C14H16N4O2/c1-17(10-4-6-15-8-10)13-2-3-14(18(19)20)11-5-7-16-9-12(11)13/h2-3,5,7,9-10,15H,4,6,8H2,1H3. The Balaban J connectivity index is 2.12. The fourth-order valence-corrected chi connectivity index (χ4v) is 2.79. The molecule has 20 heavy (non-hydrogen) atoms. The summed E-state index contributed by atoms with van der Waals surface area (Å²) in [6.45, 7) is 1.95. The van der Waals surface area contributed by atoms with Crippen molar-refractivity contribution in [1.29, 1.82) is 0 Å². The van der Waals surface area contributed by atoms with Gasteiger partial charge in [-0.15, -0.1) is 0 Å². The Morgan fingerprint density at radius 1 is 1.40 bits per heavy atom. The van der Waals surface area contributed by atoms with Gasteiger partial charge in [0.2, 0.25) is 0 Å². The summed E-state index contributed by atoms with van der Waals surface area (Å²) in [6, 6.07) is 5.52. The number of non-ortho nitro benzene ring substituents is 1. The van der Waals surface area contributed by atoms with Crippen LogP contribution in [0.4, 0.5) is 11.4 Å². The van der Waals surface area contributed by atoms with E-state index in [4.69, 9.17) is 0 Å². The van der Waals surface area contributed by atoms with Crippen LogP contribution in [-0.4, -0.2) is 36.1 Å². The second-order valence-corrected chi connectivity index (χ2v) is 5.04. The Kier molecular flexibility index (Phi) is 3.23. The van der Waals surface area contributed by atoms with Gasteiger partial charge in [0, 0.05) is 49.2 Å². The third kappa shape index (κ3) is 2.08. The minimum atomic E-state index is -0.344. The van der Waals surface area contributed by atoms with E-state index in [0.717, 1.165) is 30.6 Å². The van der Waals surface area contributed by atoms with E-state index in [1.807, 2.05) is 13.1 Å². The van der Waals surface area contributed by atoms with Gasteiger partial charge in [-0.2, -0.15) is 0 Å². The van der Waals surface area contributed by atoms with Crippen LogP contribution in [0.2, 0.25) is 0 Å². The fourth-order valence-electron chi connectivity index (χ4n) is 2.79. The van der Waals surface area contributed by atoms with Crippen LogP contribution >= 0.6 is 0 Å². The first-order valence-electron chi connectivity index (χ1n) is 6.63. The zero-order chi connectivity index (χ0) is 14.1. The Bertz CT molecular complexity index is 653. The molecular formula is C14H16N4O2. The Hall–Kier alpha value is -2.21. The van der Waals surface area contributed by atoms with E-state index < -0.39 is 0 Å². The molecule has 0 spiro atoms. The van der Waals surface area contributed by atoms with Crippen molar-refractivity contribution < 1.29 is 4.92 Å². The summed E-state index contributed by atoms with van der Waals surface area (Å²) in [6.07, 6.45) is 4.38. The van der Waals surface area contributed by atoms with Gasteiger partial charge in [0.1, 0.15) is 0 Å². The SMILES string of the molecule is CN(c1ccc([N+](=O)[O-])c2ccncc12)C1CCNC1. The van der Waals surface area contributed by atoms with E-state index in [-0.39, 0.29) is 10.6 Å². The number of nitro benzene ring substituents is 1. The molecule has 6 heteroatoms. The second kappa shape index (κ2) is 5.05. The summed E-state index contributed by atoms with van der Waals surface area (Å²) >= 11 is 0. The molecule has 0 radical (unpaired) electrons. The van der Waals surface area contributed by atoms with Gasteiger partial charge in [-0.25, -0.2) is 0 Å². The van der Waals surface area contributed by atoms with Crippen LogP contribution in [0, 0.1) is 10.1 Å². The highest BCUT2D eigenvalue weighted by Gasteiger charge is 2.22. The highest BCUT2D eigenvalue weighted by atomic mass is 16.6. The van der Waals surface area contributed by atoms with Gasteiger partial charge in [-0.3, -0.25) is 15.1 Å². The van der Waals surface area contributed by atoms with E-state index >= 15 is 0 Å². The number of anilines is 1. The zero-order valence-electron chi connectivity index (χ0n) is 11.2. The number of nitrogens with zero attached hydrogens (tertiary/aromatic N) is 3. The first-order valence-corrected chi connectivity index (χ1v) is 6.63. The third-order valence-electron chi connectivity index (χ3n) is 3.93. The number of hydrogen-bond donors (Lipinski definition) is 1. The van der Waals surface area contributed by atoms with Crippen LogP contribution in [0.25, 0.3) is 10.8 Å². The summed E-state index contributed by atoms with van der Waals surface area (Å²) in [7, 11) is 2.03. The van der Waals surface area contributed by atoms with Gasteiger partial charge in [-0.05, 0) is 25.1 Å². The zero-order valence-corrected chi connectivity index (χ0v) is 11.2. The van der Waals surface area contributed by atoms with Gasteiger partial charge >= 0.3 is 0 Å². The predicted molar refractivity (Wildman–Crippen MR) is 78.1 cm³/mol. The van der Waals surface area contributed by atoms with Crippen molar-refractivity contribution in [3.05, 3.63) is 40.7 Å². The van der Waals surface area contributed by atoms with Crippen LogP contribution < -0.4 is 10.2 Å². The molecule has 2 aromatic rings. The quantitative estimate of drug-likeness (QED) is 0.683. The summed E-state index contributed by atoms with van der Waals surface area (Å²) in [5.41, 5.74) is 1.12. The maximum atomic E-state index is 11.1. The van der Waals surface area contributed by atoms with Gasteiger partial charge in [0.05, 0.1) is 10.3 Å². The topological polar surface area (TPSA) is 71.3 Å². The molecule has 0 bridgehead atoms. The number of aromatic nitrogens is 1. The lowest BCUT2D eigenvalue weighted by Gasteiger charge is -2.27. The molecule has 1 unspecified atom stereocenters. The molecule has 1 atom stereocenters. The first-order chi connectivity index (χ1) is 9.68. The van der Waals surface area contributed by atoms with Crippen molar-refractivity contribution in [1.82, 2.24) is 10.3 Å². The lowest BCUT2D eigenvalue weighted by molar-refractivity contribution is -0.383. The minimum absolute atomic E-state index is 0.129. The van der Waals surface area contributed by atoms with Crippen LogP contribution in [-0.2, 0) is 0 Å². The molecule has 1 aromatic carbocycles. The Morgan fingerprint density at radius 2 is 2.25 bits per heavy atom. The molecule has 0 saturated carbocycles. The normalized spacial score (nSPS) is 18.4. The first kappa shape index (κ1) is 12.8. The average Bonchev–Trinajstić information content (AvgIpc) is 2.99. The molecule has 1 saturated heterocycles. The van der Waals surface area contributed by atoms with Crippen molar-refractivity contribution in [3.63, 3.8) is 0 Å². The van der Waals surface area contributed by atoms with Gasteiger partial charge in [0.15, 0.2) is 0 Å². The number of benzene rings is 1. The molecule has 1 fully saturated rings. The molecule has 1 aromatic heterocycles. The lowest BCUT2D eigenvalue weighted by atomic mass is 10.1. The third-order valence-corrected chi connectivity index (χ3v) is 3.93. The highest BCUT2D eigenvalue weighted by molar-refractivity contribution is 5.99. The van der Waals surface area contributed by atoms with E-state index in [1.165, 1.54) is 0 Å². The molecule has 1 aliphatic rings. The number of nitrogens with one attached hydrogen (secondary N) is 1. The van der Waals surface area contributed by atoms with E-state index in [2.05, 4.69) is 15.2 Å². The van der Waals surface area contributed by atoms with Crippen molar-refractivity contribution in [3.8, 4) is 0 Å². The molecule has 6 nitrogen and oxygen atoms in total. The monoisotopic (exact) mass is 272 g/mol. The number of rotatable bonds is 3. The van der Waals surface area contributed by atoms with Gasteiger partial charge < -0.3 is 10.2 Å². The van der Waals surface area contributed by atoms with E-state index in [1.54, 1.807) is 24.5 Å². The molecule has 3 rings (SSSR count). The molecule has 1 N–H and O–H groups in total. The van der Waals surface area contributed by atoms with E-state index in [9.17, 15) is 10.1 Å². The maximum Gasteiger partial charge on any atom is 0.277 e. The van der Waals surface area contributed by atoms with E-state index in [0.29, 0.717) is 11.4 Å². The predicted octanol–water partition coefficient (Wildman–Crippen LogP) is 1.94. The molecule has 1 aliphatic heterocycles. The molecule has 0 amide bonds. The average molecular weight is 272 g/mol. The second-order valence-electron chi connectivity index (χ2n) is 5.04. The number of likely N-dealkylation sites (N-methyl/N-ethyl adjacent to an activating group) is 1. The summed E-state index contributed by atoms with van der Waals surface area (Å²) < 4.78 is 0. The summed E-state index contributed by atoms with van der Waals surface area (Å²) in [5.74, 6) is 0. The number of hydrogen-bond acceptors (Lipinski definition) is 5. The summed E-state index contributed by atoms with van der Waals surface area (Å²) in [4.78, 5) is 17.1. The number of pyridine rings is 1. The Morgan fingerprint density at radius 3 is 2.95 bits per heavy atom. The van der Waals surface area contributed by atoms with Crippen molar-refractivity contribution >= 4 is 22.1 Å². The smallest absolute Gasteiger partial charge is 0.277 e. The lowest BCUT2D eigenvalue weighted by Crippen LogP contribution is -2.33. The molecule has 0 aliphatic carbocycles. The number of fused-ring (bicyclic) bond motifs is 1. The molecule has 104 valence electrons. The highest BCUT2D eigenvalue weighted by Crippen LogP contribution is 2.33. The van der Waals surface area contributed by atoms with Crippen molar-refractivity contribution in [2.24, 2.45) is 0 Å². The van der Waals surface area contributed by atoms with Crippen molar-refractivity contribution in [2.45, 2.75) is 12.5 Å². The molecule has 2 heterocycles. The van der Waals surface area contributed by atoms with Crippen molar-refractivity contribution in [2.75, 3.05) is 25.0 Å². The minimum Gasteiger partial charge on any atom is -0.370 e. The Labute approximate surface area is 116 Å². The number of nitro groups is 1. The maximum absolute atomic E-state index is 11.1. The molecular weight excluding hydrogens is 256 g/mol. The van der Waals surface area contributed by atoms with Gasteiger partial charge in [0.25, 0.3) is 5.69 Å². The van der Waals surface area contributed by atoms with Crippen LogP contribution in [0.3, 0.4) is 0 Å². The fraction of sp³-hybridized carbons (Fsp3) is 0.357. The summed E-state index contributed by atoms with van der Waals surface area (Å²) in [5, 5.41) is 15.9. The largest absolute Gasteiger partial charge is 0.370 e. The van der Waals surface area contributed by atoms with Crippen LogP contribution in [0.5, 0.6) is 0 Å². The van der Waals surface area contributed by atoms with Gasteiger partial charge in [-0.1, -0.05) is 0 Å².